The minimum atomic E-state index is 0.541. The minimum absolute atomic E-state index is 0.541. The Morgan fingerprint density at radius 1 is 1.33 bits per heavy atom. The first-order chi connectivity index (χ1) is 10.2. The van der Waals surface area contributed by atoms with Crippen molar-refractivity contribution in [2.45, 2.75) is 46.0 Å². The van der Waals surface area contributed by atoms with Crippen LogP contribution < -0.4 is 5.32 Å². The number of aryl methyl sites for hydroxylation is 1. The zero-order chi connectivity index (χ0) is 15.0. The number of aromatic nitrogens is 2. The highest BCUT2D eigenvalue weighted by Gasteiger charge is 2.26. The van der Waals surface area contributed by atoms with Crippen LogP contribution >= 0.6 is 11.6 Å². The van der Waals surface area contributed by atoms with Crippen LogP contribution in [0.1, 0.15) is 49.4 Å². The second-order valence-electron chi connectivity index (χ2n) is 5.75. The lowest BCUT2D eigenvalue weighted by Crippen LogP contribution is -2.07. The number of hydrogen-bond acceptors (Lipinski definition) is 2. The third kappa shape index (κ3) is 2.44. The van der Waals surface area contributed by atoms with E-state index in [1.165, 1.54) is 16.8 Å². The molecule has 2 aromatic rings. The van der Waals surface area contributed by atoms with E-state index in [4.69, 9.17) is 16.7 Å². The molecule has 112 valence electrons. The van der Waals surface area contributed by atoms with E-state index in [-0.39, 0.29) is 0 Å². The van der Waals surface area contributed by atoms with E-state index < -0.39 is 0 Å². The lowest BCUT2D eigenvalue weighted by Gasteiger charge is -2.12. The fourth-order valence-corrected chi connectivity index (χ4v) is 3.36. The normalized spacial score (nSPS) is 13.6. The van der Waals surface area contributed by atoms with Crippen LogP contribution in [0.15, 0.2) is 18.2 Å². The molecular formula is C17H22ClN3. The number of nitrogens with zero attached hydrogens (tertiary/aromatic N) is 2. The van der Waals surface area contributed by atoms with Crippen LogP contribution in [0.2, 0.25) is 5.02 Å². The van der Waals surface area contributed by atoms with Gasteiger partial charge in [0.2, 0.25) is 0 Å². The van der Waals surface area contributed by atoms with Gasteiger partial charge < -0.3 is 5.32 Å². The Morgan fingerprint density at radius 3 is 2.81 bits per heavy atom. The Labute approximate surface area is 131 Å². The van der Waals surface area contributed by atoms with Crippen LogP contribution in [0.4, 0.5) is 5.82 Å². The predicted octanol–water partition coefficient (Wildman–Crippen LogP) is 4.71. The van der Waals surface area contributed by atoms with E-state index in [0.29, 0.717) is 5.92 Å². The van der Waals surface area contributed by atoms with Crippen molar-refractivity contribution >= 4 is 17.4 Å². The summed E-state index contributed by atoms with van der Waals surface area (Å²) < 4.78 is 2.05. The molecule has 0 radical (unpaired) electrons. The van der Waals surface area contributed by atoms with E-state index in [0.717, 1.165) is 42.3 Å². The zero-order valence-electron chi connectivity index (χ0n) is 12.9. The third-order valence-corrected chi connectivity index (χ3v) is 4.69. The quantitative estimate of drug-likeness (QED) is 0.887. The molecule has 21 heavy (non-hydrogen) atoms. The summed E-state index contributed by atoms with van der Waals surface area (Å²) >= 11 is 6.18. The molecule has 3 rings (SSSR count). The van der Waals surface area contributed by atoms with Crippen molar-refractivity contribution in [3.63, 3.8) is 0 Å². The molecule has 0 amide bonds. The molecule has 0 fully saturated rings. The van der Waals surface area contributed by atoms with Gasteiger partial charge in [-0.2, -0.15) is 5.10 Å². The molecule has 0 atom stereocenters. The Morgan fingerprint density at radius 2 is 2.10 bits per heavy atom. The molecule has 1 aromatic carbocycles. The largest absolute Gasteiger partial charge is 0.369 e. The first kappa shape index (κ1) is 14.5. The van der Waals surface area contributed by atoms with Gasteiger partial charge >= 0.3 is 0 Å². The van der Waals surface area contributed by atoms with Crippen LogP contribution in [0.5, 0.6) is 0 Å². The van der Waals surface area contributed by atoms with Gasteiger partial charge in [0.15, 0.2) is 0 Å². The van der Waals surface area contributed by atoms with Gasteiger partial charge in [-0.05, 0) is 43.9 Å². The SMILES string of the molecule is CCC(CC)c1nn(-c2cc(Cl)ccc2C)c2c1CCN2. The Kier molecular flexibility index (Phi) is 3.94. The Bertz CT molecular complexity index is 656. The van der Waals surface area contributed by atoms with Gasteiger partial charge in [0.1, 0.15) is 5.82 Å². The molecule has 3 nitrogen and oxygen atoms in total. The fourth-order valence-electron chi connectivity index (χ4n) is 3.19. The van der Waals surface area contributed by atoms with Crippen molar-refractivity contribution in [3.05, 3.63) is 40.0 Å². The van der Waals surface area contributed by atoms with Crippen LogP contribution in [0.3, 0.4) is 0 Å². The summed E-state index contributed by atoms with van der Waals surface area (Å²) in [5.41, 5.74) is 4.92. The summed E-state index contributed by atoms with van der Waals surface area (Å²) in [6.45, 7) is 7.59. The Hall–Kier alpha value is -1.48. The van der Waals surface area contributed by atoms with Crippen molar-refractivity contribution in [3.8, 4) is 5.69 Å². The maximum absolute atomic E-state index is 6.18. The summed E-state index contributed by atoms with van der Waals surface area (Å²) in [6, 6.07) is 5.98. The van der Waals surface area contributed by atoms with Gasteiger partial charge in [0.25, 0.3) is 0 Å². The zero-order valence-corrected chi connectivity index (χ0v) is 13.7. The van der Waals surface area contributed by atoms with E-state index in [1.807, 2.05) is 12.1 Å². The Balaban J connectivity index is 2.16. The minimum Gasteiger partial charge on any atom is -0.369 e. The summed E-state index contributed by atoms with van der Waals surface area (Å²) in [7, 11) is 0. The van der Waals surface area contributed by atoms with Gasteiger partial charge in [0, 0.05) is 23.0 Å². The van der Waals surface area contributed by atoms with Crippen molar-refractivity contribution in [2.24, 2.45) is 0 Å². The number of fused-ring (bicyclic) bond motifs is 1. The van der Waals surface area contributed by atoms with Crippen LogP contribution in [-0.4, -0.2) is 16.3 Å². The van der Waals surface area contributed by atoms with E-state index in [2.05, 4.69) is 36.8 Å². The predicted molar refractivity (Wildman–Crippen MR) is 88.8 cm³/mol. The molecule has 0 bridgehead atoms. The molecule has 2 heterocycles. The van der Waals surface area contributed by atoms with Crippen LogP contribution in [-0.2, 0) is 6.42 Å². The van der Waals surface area contributed by atoms with E-state index in [9.17, 15) is 0 Å². The highest BCUT2D eigenvalue weighted by molar-refractivity contribution is 6.30. The molecule has 0 saturated heterocycles. The summed E-state index contributed by atoms with van der Waals surface area (Å²) in [5, 5.41) is 9.19. The third-order valence-electron chi connectivity index (χ3n) is 4.45. The van der Waals surface area contributed by atoms with Crippen LogP contribution in [0.25, 0.3) is 5.69 Å². The molecular weight excluding hydrogens is 282 g/mol. The maximum Gasteiger partial charge on any atom is 0.133 e. The second kappa shape index (κ2) is 5.72. The highest BCUT2D eigenvalue weighted by atomic mass is 35.5. The average molecular weight is 304 g/mol. The van der Waals surface area contributed by atoms with Gasteiger partial charge in [-0.15, -0.1) is 0 Å². The number of rotatable bonds is 4. The smallest absolute Gasteiger partial charge is 0.133 e. The first-order valence-electron chi connectivity index (χ1n) is 7.77. The molecule has 1 aromatic heterocycles. The van der Waals surface area contributed by atoms with Crippen molar-refractivity contribution in [1.82, 2.24) is 9.78 Å². The second-order valence-corrected chi connectivity index (χ2v) is 6.18. The van der Waals surface area contributed by atoms with Gasteiger partial charge in [-0.3, -0.25) is 0 Å². The average Bonchev–Trinajstić information content (AvgIpc) is 3.06. The van der Waals surface area contributed by atoms with Crippen molar-refractivity contribution in [2.75, 3.05) is 11.9 Å². The van der Waals surface area contributed by atoms with Crippen LogP contribution in [0, 0.1) is 6.92 Å². The lowest BCUT2D eigenvalue weighted by atomic mass is 9.96. The van der Waals surface area contributed by atoms with Crippen molar-refractivity contribution < 1.29 is 0 Å². The molecule has 0 unspecified atom stereocenters. The fraction of sp³-hybridized carbons (Fsp3) is 0.471. The first-order valence-corrected chi connectivity index (χ1v) is 8.15. The molecule has 0 spiro atoms. The van der Waals surface area contributed by atoms with Gasteiger partial charge in [0.05, 0.1) is 11.4 Å². The molecule has 0 aliphatic carbocycles. The molecule has 4 heteroatoms. The summed E-state index contributed by atoms with van der Waals surface area (Å²) in [4.78, 5) is 0. The van der Waals surface area contributed by atoms with Gasteiger partial charge in [-0.1, -0.05) is 31.5 Å². The number of halogens is 1. The number of benzene rings is 1. The number of nitrogens with one attached hydrogen (secondary N) is 1. The topological polar surface area (TPSA) is 29.9 Å². The molecule has 1 aliphatic rings. The molecule has 0 saturated carbocycles. The monoisotopic (exact) mass is 303 g/mol. The highest BCUT2D eigenvalue weighted by Crippen LogP contribution is 2.36. The van der Waals surface area contributed by atoms with Crippen molar-refractivity contribution in [1.29, 1.82) is 0 Å². The maximum atomic E-state index is 6.18. The number of anilines is 1. The van der Waals surface area contributed by atoms with E-state index in [1.54, 1.807) is 0 Å². The summed E-state index contributed by atoms with van der Waals surface area (Å²) in [5.74, 6) is 1.70. The summed E-state index contributed by atoms with van der Waals surface area (Å²) in [6.07, 6.45) is 3.34. The molecule has 1 aliphatic heterocycles. The lowest BCUT2D eigenvalue weighted by molar-refractivity contribution is 0.607. The van der Waals surface area contributed by atoms with Gasteiger partial charge in [-0.25, -0.2) is 4.68 Å². The molecule has 1 N–H and O–H groups in total. The van der Waals surface area contributed by atoms with E-state index >= 15 is 0 Å². The number of hydrogen-bond donors (Lipinski definition) is 1. The standard InChI is InChI=1S/C17H22ClN3/c1-4-12(5-2)16-14-8-9-19-17(14)21(20-16)15-10-13(18)7-6-11(15)3/h6-7,10,12,19H,4-5,8-9H2,1-3H3.